The van der Waals surface area contributed by atoms with E-state index in [9.17, 15) is 0 Å². The number of benzene rings is 1. The van der Waals surface area contributed by atoms with Gasteiger partial charge in [0.1, 0.15) is 11.1 Å². The fraction of sp³-hybridized carbons (Fsp3) is 0.286. The number of alkyl halides is 1. The van der Waals surface area contributed by atoms with Gasteiger partial charge in [0.15, 0.2) is 16.7 Å². The molecule has 100 valence electrons. The lowest BCUT2D eigenvalue weighted by molar-refractivity contribution is 0.297. The van der Waals surface area contributed by atoms with E-state index in [0.29, 0.717) is 24.2 Å². The van der Waals surface area contributed by atoms with E-state index in [4.69, 9.17) is 37.1 Å². The second-order valence-electron chi connectivity index (χ2n) is 4.26. The Kier molecular flexibility index (Phi) is 3.58. The van der Waals surface area contributed by atoms with Crippen molar-refractivity contribution in [1.82, 2.24) is 0 Å². The van der Waals surface area contributed by atoms with Gasteiger partial charge in [0, 0.05) is 6.42 Å². The maximum absolute atomic E-state index is 6.38. The average molecular weight is 299 g/mol. The third kappa shape index (κ3) is 2.67. The van der Waals surface area contributed by atoms with Gasteiger partial charge in [0.05, 0.1) is 13.2 Å². The minimum absolute atomic E-state index is 0.329. The predicted octanol–water partition coefficient (Wildman–Crippen LogP) is 4.42. The molecule has 0 aliphatic carbocycles. The van der Waals surface area contributed by atoms with Crippen LogP contribution >= 0.6 is 23.2 Å². The molecule has 5 heteroatoms. The van der Waals surface area contributed by atoms with Crippen molar-refractivity contribution in [2.45, 2.75) is 11.8 Å². The first kappa shape index (κ1) is 12.7. The van der Waals surface area contributed by atoms with Gasteiger partial charge in [-0.2, -0.15) is 0 Å². The fourth-order valence-electron chi connectivity index (χ4n) is 1.97. The van der Waals surface area contributed by atoms with Gasteiger partial charge in [-0.15, -0.1) is 11.6 Å². The predicted molar refractivity (Wildman–Crippen MR) is 73.5 cm³/mol. The molecule has 0 bridgehead atoms. The Morgan fingerprint density at radius 2 is 1.79 bits per heavy atom. The molecule has 1 unspecified atom stereocenters. The lowest BCUT2D eigenvalue weighted by Gasteiger charge is -2.11. The lowest BCUT2D eigenvalue weighted by Crippen LogP contribution is -1.97. The zero-order valence-corrected chi connectivity index (χ0v) is 11.6. The maximum atomic E-state index is 6.38. The van der Waals surface area contributed by atoms with Crippen LogP contribution in [-0.2, 0) is 0 Å². The monoisotopic (exact) mass is 298 g/mol. The molecule has 19 heavy (non-hydrogen) atoms. The Morgan fingerprint density at radius 3 is 2.53 bits per heavy atom. The van der Waals surface area contributed by atoms with Crippen LogP contribution in [0.3, 0.4) is 0 Å². The highest BCUT2D eigenvalue weighted by Gasteiger charge is 2.18. The minimum Gasteiger partial charge on any atom is -0.490 e. The van der Waals surface area contributed by atoms with Gasteiger partial charge in [-0.3, -0.25) is 0 Å². The molecular weight excluding hydrogens is 287 g/mol. The molecule has 1 aliphatic heterocycles. The number of rotatable bonds is 2. The molecule has 2 aromatic rings. The Labute approximate surface area is 121 Å². The van der Waals surface area contributed by atoms with Crippen molar-refractivity contribution in [2.24, 2.45) is 0 Å². The Morgan fingerprint density at radius 1 is 1.00 bits per heavy atom. The van der Waals surface area contributed by atoms with Crippen LogP contribution in [0.2, 0.25) is 5.22 Å². The van der Waals surface area contributed by atoms with Gasteiger partial charge in [-0.25, -0.2) is 0 Å². The summed E-state index contributed by atoms with van der Waals surface area (Å²) >= 11 is 12.1. The van der Waals surface area contributed by atoms with Crippen molar-refractivity contribution in [3.8, 4) is 11.5 Å². The fourth-order valence-corrected chi connectivity index (χ4v) is 2.37. The van der Waals surface area contributed by atoms with E-state index >= 15 is 0 Å². The number of ether oxygens (including phenoxy) is 2. The van der Waals surface area contributed by atoms with Crippen molar-refractivity contribution in [3.63, 3.8) is 0 Å². The van der Waals surface area contributed by atoms with Crippen molar-refractivity contribution < 1.29 is 13.9 Å². The molecule has 0 radical (unpaired) electrons. The summed E-state index contributed by atoms with van der Waals surface area (Å²) in [4.78, 5) is 0. The van der Waals surface area contributed by atoms with E-state index in [-0.39, 0.29) is 0 Å². The summed E-state index contributed by atoms with van der Waals surface area (Å²) in [5, 5.41) is -0.0698. The van der Waals surface area contributed by atoms with E-state index in [1.54, 1.807) is 12.1 Å². The third-order valence-corrected chi connectivity index (χ3v) is 3.58. The van der Waals surface area contributed by atoms with Crippen LogP contribution in [0.25, 0.3) is 0 Å². The molecule has 0 N–H and O–H groups in total. The van der Waals surface area contributed by atoms with Gasteiger partial charge < -0.3 is 13.9 Å². The molecule has 1 aliphatic rings. The smallest absolute Gasteiger partial charge is 0.193 e. The van der Waals surface area contributed by atoms with E-state index in [0.717, 1.165) is 23.5 Å². The van der Waals surface area contributed by atoms with Crippen molar-refractivity contribution >= 4 is 23.2 Å². The molecule has 0 spiro atoms. The van der Waals surface area contributed by atoms with E-state index in [1.807, 2.05) is 18.2 Å². The van der Waals surface area contributed by atoms with Crippen LogP contribution in [-0.4, -0.2) is 13.2 Å². The topological polar surface area (TPSA) is 31.6 Å². The molecule has 0 fully saturated rings. The van der Waals surface area contributed by atoms with E-state index in [2.05, 4.69) is 0 Å². The highest BCUT2D eigenvalue weighted by Crippen LogP contribution is 2.37. The quantitative estimate of drug-likeness (QED) is 0.769. The number of hydrogen-bond acceptors (Lipinski definition) is 3. The van der Waals surface area contributed by atoms with Crippen LogP contribution in [0.1, 0.15) is 23.1 Å². The molecule has 0 amide bonds. The summed E-state index contributed by atoms with van der Waals surface area (Å²) in [6.07, 6.45) is 0.877. The first-order valence-electron chi connectivity index (χ1n) is 6.03. The molecule has 0 saturated heterocycles. The Hall–Kier alpha value is -1.32. The highest BCUT2D eigenvalue weighted by atomic mass is 35.5. The summed E-state index contributed by atoms with van der Waals surface area (Å²) in [5.41, 5.74) is 0.886. The molecular formula is C14H12Cl2O3. The number of halogens is 2. The first-order valence-corrected chi connectivity index (χ1v) is 6.84. The molecule has 0 saturated carbocycles. The number of hydrogen-bond donors (Lipinski definition) is 0. The molecule has 1 aromatic heterocycles. The Balaban J connectivity index is 1.91. The summed E-state index contributed by atoms with van der Waals surface area (Å²) < 4.78 is 16.6. The van der Waals surface area contributed by atoms with Crippen LogP contribution in [0, 0.1) is 0 Å². The SMILES string of the molecule is Clc1ccc(C(Cl)c2ccc3c(c2)OCCCO3)o1. The zero-order valence-electron chi connectivity index (χ0n) is 10.1. The third-order valence-electron chi connectivity index (χ3n) is 2.91. The van der Waals surface area contributed by atoms with Crippen molar-refractivity contribution in [3.05, 3.63) is 46.9 Å². The summed E-state index contributed by atoms with van der Waals surface area (Å²) in [6, 6.07) is 9.10. The van der Waals surface area contributed by atoms with Gasteiger partial charge in [-0.05, 0) is 41.4 Å². The van der Waals surface area contributed by atoms with Gasteiger partial charge >= 0.3 is 0 Å². The van der Waals surface area contributed by atoms with Crippen LogP contribution in [0.15, 0.2) is 34.7 Å². The van der Waals surface area contributed by atoms with Gasteiger partial charge in [-0.1, -0.05) is 6.07 Å². The summed E-state index contributed by atoms with van der Waals surface area (Å²) in [7, 11) is 0. The normalized spacial score (nSPS) is 15.9. The van der Waals surface area contributed by atoms with Crippen molar-refractivity contribution in [2.75, 3.05) is 13.2 Å². The highest BCUT2D eigenvalue weighted by molar-refractivity contribution is 6.29. The number of fused-ring (bicyclic) bond motifs is 1. The van der Waals surface area contributed by atoms with Crippen molar-refractivity contribution in [1.29, 1.82) is 0 Å². The standard InChI is InChI=1S/C14H12Cl2O3/c15-13-5-4-11(19-13)14(16)9-2-3-10-12(8-9)18-7-1-6-17-10/h2-5,8,14H,1,6-7H2. The second kappa shape index (κ2) is 5.35. The molecule has 1 atom stereocenters. The second-order valence-corrected chi connectivity index (χ2v) is 5.07. The van der Waals surface area contributed by atoms with Gasteiger partial charge in [0.2, 0.25) is 0 Å². The molecule has 3 rings (SSSR count). The molecule has 2 heterocycles. The summed E-state index contributed by atoms with van der Waals surface area (Å²) in [5.74, 6) is 2.09. The molecule has 1 aromatic carbocycles. The van der Waals surface area contributed by atoms with Crippen LogP contribution < -0.4 is 9.47 Å². The largest absolute Gasteiger partial charge is 0.490 e. The van der Waals surface area contributed by atoms with E-state index < -0.39 is 5.38 Å². The zero-order chi connectivity index (χ0) is 13.2. The van der Waals surface area contributed by atoms with Crippen LogP contribution in [0.4, 0.5) is 0 Å². The lowest BCUT2D eigenvalue weighted by atomic mass is 10.1. The average Bonchev–Trinajstić information content (AvgIpc) is 2.72. The van der Waals surface area contributed by atoms with Gasteiger partial charge in [0.25, 0.3) is 0 Å². The van der Waals surface area contributed by atoms with E-state index in [1.165, 1.54) is 0 Å². The molecule has 3 nitrogen and oxygen atoms in total. The first-order chi connectivity index (χ1) is 9.24. The minimum atomic E-state index is -0.398. The maximum Gasteiger partial charge on any atom is 0.193 e. The Bertz CT molecular complexity index is 580. The number of furan rings is 1. The van der Waals surface area contributed by atoms with Crippen LogP contribution in [0.5, 0.6) is 11.5 Å². The summed E-state index contributed by atoms with van der Waals surface area (Å²) in [6.45, 7) is 1.32.